The van der Waals surface area contributed by atoms with E-state index in [1.807, 2.05) is 36.7 Å². The van der Waals surface area contributed by atoms with Crippen LogP contribution < -0.4 is 0 Å². The number of fused-ring (bicyclic) bond motifs is 6. The van der Waals surface area contributed by atoms with Gasteiger partial charge < -0.3 is 4.57 Å². The molecular formula is C53H34N4. The summed E-state index contributed by atoms with van der Waals surface area (Å²) in [6.07, 6.45) is 3.68. The summed E-state index contributed by atoms with van der Waals surface area (Å²) in [6, 6.07) is 68.9. The van der Waals surface area contributed by atoms with Gasteiger partial charge in [-0.25, -0.2) is 4.98 Å². The van der Waals surface area contributed by atoms with E-state index in [0.717, 1.165) is 78.0 Å². The SMILES string of the molecule is c1ccc(-c2nc3ccc(-c4ccc(-c5cc(-c6ccccn6)cc(-c6ccccn6)c5)cc4)cc3c3cc4c(cc23)c2ccccc2n4-c2ccccc2)cc1. The van der Waals surface area contributed by atoms with Crippen molar-refractivity contribution < 1.29 is 0 Å². The summed E-state index contributed by atoms with van der Waals surface area (Å²) in [5.74, 6) is 0. The van der Waals surface area contributed by atoms with Gasteiger partial charge in [0.15, 0.2) is 0 Å². The lowest BCUT2D eigenvalue weighted by atomic mass is 9.94. The lowest BCUT2D eigenvalue weighted by molar-refractivity contribution is 1.18. The van der Waals surface area contributed by atoms with Crippen LogP contribution in [0.15, 0.2) is 207 Å². The highest BCUT2D eigenvalue weighted by molar-refractivity contribution is 6.20. The van der Waals surface area contributed by atoms with Gasteiger partial charge >= 0.3 is 0 Å². The molecule has 11 aromatic rings. The fraction of sp³-hybridized carbons (Fsp3) is 0. The van der Waals surface area contributed by atoms with Crippen molar-refractivity contribution >= 4 is 43.5 Å². The van der Waals surface area contributed by atoms with E-state index in [1.165, 1.54) is 27.2 Å². The predicted octanol–water partition coefficient (Wildman–Crippen LogP) is 13.6. The standard InChI is InChI=1S/C53H34N4/c1-3-13-37(14-4-1)53-47-33-46-43-17-7-8-20-51(43)57(42-15-5-2-6-16-42)52(46)34-44(47)45-32-38(25-26-50(45)56-53)35-21-23-36(24-22-35)39-29-40(48-18-9-11-27-54-48)31-41(30-39)49-19-10-12-28-55-49/h1-34H. The zero-order valence-corrected chi connectivity index (χ0v) is 30.9. The second-order valence-electron chi connectivity index (χ2n) is 14.5. The molecule has 0 radical (unpaired) electrons. The first-order valence-electron chi connectivity index (χ1n) is 19.3. The lowest BCUT2D eigenvalue weighted by Gasteiger charge is -2.14. The molecule has 0 unspecified atom stereocenters. The van der Waals surface area contributed by atoms with Crippen LogP contribution in [-0.4, -0.2) is 19.5 Å². The third kappa shape index (κ3) is 5.74. The van der Waals surface area contributed by atoms with Gasteiger partial charge in [0.1, 0.15) is 0 Å². The molecule has 0 aliphatic rings. The molecule has 0 aliphatic heterocycles. The van der Waals surface area contributed by atoms with Crippen LogP contribution in [0.1, 0.15) is 0 Å². The number of hydrogen-bond acceptors (Lipinski definition) is 3. The van der Waals surface area contributed by atoms with Gasteiger partial charge in [-0.3, -0.25) is 9.97 Å². The van der Waals surface area contributed by atoms with Gasteiger partial charge in [-0.15, -0.1) is 0 Å². The van der Waals surface area contributed by atoms with Crippen LogP contribution in [0.4, 0.5) is 0 Å². The minimum Gasteiger partial charge on any atom is -0.309 e. The molecule has 4 heterocycles. The summed E-state index contributed by atoms with van der Waals surface area (Å²) in [6.45, 7) is 0. The monoisotopic (exact) mass is 726 g/mol. The average Bonchev–Trinajstić information content (AvgIpc) is 3.62. The molecule has 0 aliphatic carbocycles. The maximum Gasteiger partial charge on any atom is 0.0788 e. The first-order chi connectivity index (χ1) is 28.2. The topological polar surface area (TPSA) is 43.6 Å². The summed E-state index contributed by atoms with van der Waals surface area (Å²) >= 11 is 0. The number of para-hydroxylation sites is 2. The molecule has 0 saturated heterocycles. The van der Waals surface area contributed by atoms with Crippen LogP contribution in [0.25, 0.3) is 105 Å². The van der Waals surface area contributed by atoms with Crippen LogP contribution in [0, 0.1) is 0 Å². The zero-order valence-electron chi connectivity index (χ0n) is 30.9. The lowest BCUT2D eigenvalue weighted by Crippen LogP contribution is -1.94. The molecule has 0 atom stereocenters. The maximum absolute atomic E-state index is 5.36. The van der Waals surface area contributed by atoms with Crippen LogP contribution in [-0.2, 0) is 0 Å². The highest BCUT2D eigenvalue weighted by Crippen LogP contribution is 2.41. The van der Waals surface area contributed by atoms with Gasteiger partial charge in [-0.2, -0.15) is 0 Å². The molecule has 0 fully saturated rings. The molecule has 4 nitrogen and oxygen atoms in total. The van der Waals surface area contributed by atoms with Crippen LogP contribution in [0.2, 0.25) is 0 Å². The molecule has 0 spiro atoms. The van der Waals surface area contributed by atoms with E-state index in [-0.39, 0.29) is 0 Å². The Labute approximate surface area is 330 Å². The van der Waals surface area contributed by atoms with E-state index in [4.69, 9.17) is 4.98 Å². The Balaban J connectivity index is 1.08. The minimum atomic E-state index is 0.932. The number of nitrogens with zero attached hydrogens (tertiary/aromatic N) is 4. The third-order valence-electron chi connectivity index (χ3n) is 11.1. The highest BCUT2D eigenvalue weighted by atomic mass is 15.0. The van der Waals surface area contributed by atoms with Crippen molar-refractivity contribution in [1.29, 1.82) is 0 Å². The maximum atomic E-state index is 5.36. The molecule has 57 heavy (non-hydrogen) atoms. The first-order valence-corrected chi connectivity index (χ1v) is 19.3. The second kappa shape index (κ2) is 13.6. The number of hydrogen-bond donors (Lipinski definition) is 0. The molecule has 4 aromatic heterocycles. The Morgan fingerprint density at radius 2 is 0.912 bits per heavy atom. The van der Waals surface area contributed by atoms with Crippen molar-refractivity contribution in [2.45, 2.75) is 0 Å². The predicted molar refractivity (Wildman–Crippen MR) is 236 cm³/mol. The van der Waals surface area contributed by atoms with Gasteiger partial charge in [-0.05, 0) is 113 Å². The van der Waals surface area contributed by atoms with Crippen molar-refractivity contribution in [3.05, 3.63) is 207 Å². The smallest absolute Gasteiger partial charge is 0.0788 e. The summed E-state index contributed by atoms with van der Waals surface area (Å²) in [5, 5.41) is 5.88. The van der Waals surface area contributed by atoms with Gasteiger partial charge in [0.05, 0.1) is 33.6 Å². The Bertz CT molecular complexity index is 3190. The van der Waals surface area contributed by atoms with E-state index >= 15 is 0 Å². The molecule has 11 rings (SSSR count). The molecule has 0 N–H and O–H groups in total. The van der Waals surface area contributed by atoms with Crippen molar-refractivity contribution in [3.8, 4) is 61.7 Å². The van der Waals surface area contributed by atoms with Crippen molar-refractivity contribution in [2.24, 2.45) is 0 Å². The fourth-order valence-electron chi connectivity index (χ4n) is 8.33. The van der Waals surface area contributed by atoms with Gasteiger partial charge in [0.2, 0.25) is 0 Å². The molecule has 0 bridgehead atoms. The average molecular weight is 727 g/mol. The van der Waals surface area contributed by atoms with E-state index in [1.54, 1.807) is 0 Å². The highest BCUT2D eigenvalue weighted by Gasteiger charge is 2.18. The molecule has 7 aromatic carbocycles. The number of benzene rings is 7. The summed E-state index contributed by atoms with van der Waals surface area (Å²) in [4.78, 5) is 14.7. The Morgan fingerprint density at radius 1 is 0.316 bits per heavy atom. The summed E-state index contributed by atoms with van der Waals surface area (Å²) in [5.41, 5.74) is 15.1. The zero-order chi connectivity index (χ0) is 37.7. The first kappa shape index (κ1) is 32.7. The molecule has 266 valence electrons. The normalized spacial score (nSPS) is 11.5. The Kier molecular flexibility index (Phi) is 7.78. The van der Waals surface area contributed by atoms with Crippen molar-refractivity contribution in [2.75, 3.05) is 0 Å². The number of aromatic nitrogens is 4. The van der Waals surface area contributed by atoms with Gasteiger partial charge in [0.25, 0.3) is 0 Å². The Morgan fingerprint density at radius 3 is 1.60 bits per heavy atom. The Hall–Kier alpha value is -7.69. The van der Waals surface area contributed by atoms with E-state index in [9.17, 15) is 0 Å². The van der Waals surface area contributed by atoms with Crippen molar-refractivity contribution in [1.82, 2.24) is 19.5 Å². The summed E-state index contributed by atoms with van der Waals surface area (Å²) in [7, 11) is 0. The van der Waals surface area contributed by atoms with Gasteiger partial charge in [0, 0.05) is 56.3 Å². The quantitative estimate of drug-likeness (QED) is 0.160. The molecule has 4 heteroatoms. The van der Waals surface area contributed by atoms with Crippen LogP contribution in [0.3, 0.4) is 0 Å². The largest absolute Gasteiger partial charge is 0.309 e. The van der Waals surface area contributed by atoms with Crippen LogP contribution in [0.5, 0.6) is 0 Å². The molecule has 0 amide bonds. The van der Waals surface area contributed by atoms with E-state index in [2.05, 4.69) is 184 Å². The third-order valence-corrected chi connectivity index (χ3v) is 11.1. The molecular weight excluding hydrogens is 693 g/mol. The van der Waals surface area contributed by atoms with Gasteiger partial charge in [-0.1, -0.05) is 109 Å². The number of rotatable bonds is 6. The van der Waals surface area contributed by atoms with Crippen molar-refractivity contribution in [3.63, 3.8) is 0 Å². The van der Waals surface area contributed by atoms with Crippen LogP contribution >= 0.6 is 0 Å². The molecule has 0 saturated carbocycles. The second-order valence-corrected chi connectivity index (χ2v) is 14.5. The summed E-state index contributed by atoms with van der Waals surface area (Å²) < 4.78 is 2.39. The fourth-order valence-corrected chi connectivity index (χ4v) is 8.33. The van der Waals surface area contributed by atoms with E-state index in [0.29, 0.717) is 0 Å². The minimum absolute atomic E-state index is 0.932. The number of pyridine rings is 3. The van der Waals surface area contributed by atoms with E-state index < -0.39 is 0 Å².